The van der Waals surface area contributed by atoms with Crippen molar-refractivity contribution in [3.05, 3.63) is 41.7 Å². The molecule has 1 atom stereocenters. The molecule has 1 fully saturated rings. The van der Waals surface area contributed by atoms with Crippen LogP contribution in [0.5, 0.6) is 5.75 Å². The monoisotopic (exact) mass is 355 g/mol. The van der Waals surface area contributed by atoms with E-state index in [-0.39, 0.29) is 12.0 Å². The number of carbonyl (C=O) groups excluding carboxylic acids is 1. The Balaban J connectivity index is 1.27. The minimum absolute atomic E-state index is 0.122. The first-order valence-corrected chi connectivity index (χ1v) is 9.30. The number of likely N-dealkylation sites (tertiary alicyclic amines) is 1. The first kappa shape index (κ1) is 17.0. The molecule has 0 saturated carbocycles. The number of benzene rings is 1. The molecule has 1 aromatic heterocycles. The van der Waals surface area contributed by atoms with Gasteiger partial charge in [0.1, 0.15) is 5.75 Å². The molecule has 0 spiro atoms. The minimum atomic E-state index is -0.358. The zero-order chi connectivity index (χ0) is 17.9. The van der Waals surface area contributed by atoms with E-state index in [4.69, 9.17) is 4.74 Å². The molecule has 7 heteroatoms. The lowest BCUT2D eigenvalue weighted by atomic mass is 9.96. The Morgan fingerprint density at radius 2 is 2.12 bits per heavy atom. The fourth-order valence-corrected chi connectivity index (χ4v) is 3.81. The summed E-state index contributed by atoms with van der Waals surface area (Å²) in [6, 6.07) is 7.92. The van der Waals surface area contributed by atoms with E-state index in [1.165, 1.54) is 0 Å². The molecule has 138 valence electrons. The van der Waals surface area contributed by atoms with Gasteiger partial charge in [0, 0.05) is 38.8 Å². The quantitative estimate of drug-likeness (QED) is 0.874. The first-order valence-electron chi connectivity index (χ1n) is 9.30. The molecule has 7 nitrogen and oxygen atoms in total. The van der Waals surface area contributed by atoms with Crippen LogP contribution in [0.1, 0.15) is 24.1 Å². The second-order valence-electron chi connectivity index (χ2n) is 7.15. The van der Waals surface area contributed by atoms with Crippen molar-refractivity contribution < 1.29 is 9.53 Å². The van der Waals surface area contributed by atoms with Gasteiger partial charge in [-0.05, 0) is 37.4 Å². The molecule has 0 radical (unpaired) electrons. The third-order valence-corrected chi connectivity index (χ3v) is 5.24. The molecule has 2 aliphatic rings. The highest BCUT2D eigenvalue weighted by Gasteiger charge is 2.34. The first-order chi connectivity index (χ1) is 12.7. The Morgan fingerprint density at radius 1 is 1.31 bits per heavy atom. The van der Waals surface area contributed by atoms with Crippen LogP contribution in [0.2, 0.25) is 0 Å². The maximum absolute atomic E-state index is 12.8. The second-order valence-corrected chi connectivity index (χ2v) is 7.15. The van der Waals surface area contributed by atoms with E-state index < -0.39 is 0 Å². The van der Waals surface area contributed by atoms with E-state index in [1.54, 1.807) is 0 Å². The third-order valence-electron chi connectivity index (χ3n) is 5.24. The molecule has 0 aliphatic carbocycles. The van der Waals surface area contributed by atoms with Crippen molar-refractivity contribution in [3.63, 3.8) is 0 Å². The lowest BCUT2D eigenvalue weighted by Gasteiger charge is -2.33. The summed E-state index contributed by atoms with van der Waals surface area (Å²) in [6.45, 7) is 3.18. The lowest BCUT2D eigenvalue weighted by Crippen LogP contribution is -2.45. The van der Waals surface area contributed by atoms with Crippen LogP contribution < -0.4 is 10.1 Å². The lowest BCUT2D eigenvalue weighted by molar-refractivity contribution is -0.139. The summed E-state index contributed by atoms with van der Waals surface area (Å²) in [4.78, 5) is 14.7. The van der Waals surface area contributed by atoms with Gasteiger partial charge in [-0.15, -0.1) is 5.10 Å². The van der Waals surface area contributed by atoms with E-state index in [0.29, 0.717) is 12.3 Å². The Hall–Kier alpha value is -2.41. The number of fused-ring (bicyclic) bond motifs is 1. The molecule has 2 aromatic rings. The standard InChI is InChI=1S/C19H25N5O2/c1-20-11-16-13-24(22-21-16)12-14-6-8-23(9-7-14)19(25)18-10-15-4-2-3-5-17(15)26-18/h2-5,13-14,18,20H,6-12H2,1H3. The molecular weight excluding hydrogens is 330 g/mol. The van der Waals surface area contributed by atoms with Crippen LogP contribution >= 0.6 is 0 Å². The summed E-state index contributed by atoms with van der Waals surface area (Å²) in [6.07, 6.45) is 4.31. The number of carbonyl (C=O) groups is 1. The molecule has 1 N–H and O–H groups in total. The second kappa shape index (κ2) is 7.45. The van der Waals surface area contributed by atoms with Crippen LogP contribution in [0.15, 0.2) is 30.5 Å². The normalized spacial score (nSPS) is 20.0. The Morgan fingerprint density at radius 3 is 2.88 bits per heavy atom. The van der Waals surface area contributed by atoms with Crippen molar-refractivity contribution in [1.82, 2.24) is 25.2 Å². The molecule has 1 unspecified atom stereocenters. The highest BCUT2D eigenvalue weighted by atomic mass is 16.5. The molecule has 1 amide bonds. The number of hydrogen-bond acceptors (Lipinski definition) is 5. The number of amides is 1. The minimum Gasteiger partial charge on any atom is -0.480 e. The van der Waals surface area contributed by atoms with Gasteiger partial charge < -0.3 is 15.0 Å². The van der Waals surface area contributed by atoms with Crippen molar-refractivity contribution in [3.8, 4) is 5.75 Å². The highest BCUT2D eigenvalue weighted by Crippen LogP contribution is 2.30. The van der Waals surface area contributed by atoms with Gasteiger partial charge in [0.05, 0.1) is 5.69 Å². The van der Waals surface area contributed by atoms with Crippen LogP contribution in [0, 0.1) is 5.92 Å². The SMILES string of the molecule is CNCc1cn(CC2CCN(C(=O)C3Cc4ccccc4O3)CC2)nn1. The molecule has 0 bridgehead atoms. The number of hydrogen-bond donors (Lipinski definition) is 1. The summed E-state index contributed by atoms with van der Waals surface area (Å²) in [5.41, 5.74) is 2.09. The van der Waals surface area contributed by atoms with Crippen LogP contribution in [0.25, 0.3) is 0 Å². The molecule has 4 rings (SSSR count). The predicted octanol–water partition coefficient (Wildman–Crippen LogP) is 1.24. The maximum Gasteiger partial charge on any atom is 0.263 e. The number of piperidine rings is 1. The van der Waals surface area contributed by atoms with Gasteiger partial charge in [-0.1, -0.05) is 23.4 Å². The van der Waals surface area contributed by atoms with Crippen molar-refractivity contribution in [2.24, 2.45) is 5.92 Å². The number of rotatable bonds is 5. The van der Waals surface area contributed by atoms with Gasteiger partial charge in [0.25, 0.3) is 5.91 Å². The van der Waals surface area contributed by atoms with Crippen molar-refractivity contribution in [2.75, 3.05) is 20.1 Å². The van der Waals surface area contributed by atoms with Gasteiger partial charge in [0.15, 0.2) is 6.10 Å². The third kappa shape index (κ3) is 3.58. The summed E-state index contributed by atoms with van der Waals surface area (Å²) in [7, 11) is 1.90. The molecule has 2 aliphatic heterocycles. The average molecular weight is 355 g/mol. The number of nitrogens with zero attached hydrogens (tertiary/aromatic N) is 4. The topological polar surface area (TPSA) is 72.3 Å². The van der Waals surface area contributed by atoms with Crippen molar-refractivity contribution >= 4 is 5.91 Å². The zero-order valence-corrected chi connectivity index (χ0v) is 15.1. The van der Waals surface area contributed by atoms with Crippen molar-refractivity contribution in [1.29, 1.82) is 0 Å². The number of nitrogens with one attached hydrogen (secondary N) is 1. The van der Waals surface area contributed by atoms with Crippen LogP contribution in [-0.4, -0.2) is 52.0 Å². The Bertz CT molecular complexity index is 742. The molecular formula is C19H25N5O2. The maximum atomic E-state index is 12.8. The highest BCUT2D eigenvalue weighted by molar-refractivity contribution is 5.82. The number of ether oxygens (including phenoxy) is 1. The van der Waals surface area contributed by atoms with E-state index in [9.17, 15) is 4.79 Å². The number of para-hydroxylation sites is 1. The summed E-state index contributed by atoms with van der Waals surface area (Å²) >= 11 is 0. The van der Waals surface area contributed by atoms with Gasteiger partial charge in [-0.2, -0.15) is 0 Å². The molecule has 26 heavy (non-hydrogen) atoms. The Kier molecular flexibility index (Phi) is 4.88. The average Bonchev–Trinajstić information content (AvgIpc) is 3.29. The van der Waals surface area contributed by atoms with Gasteiger partial charge in [-0.3, -0.25) is 9.48 Å². The fourth-order valence-electron chi connectivity index (χ4n) is 3.81. The molecule has 3 heterocycles. The van der Waals surface area contributed by atoms with E-state index in [0.717, 1.165) is 56.0 Å². The van der Waals surface area contributed by atoms with Crippen LogP contribution in [-0.2, 0) is 24.3 Å². The zero-order valence-electron chi connectivity index (χ0n) is 15.1. The van der Waals surface area contributed by atoms with E-state index >= 15 is 0 Å². The van der Waals surface area contributed by atoms with Gasteiger partial charge in [-0.25, -0.2) is 0 Å². The largest absolute Gasteiger partial charge is 0.480 e. The predicted molar refractivity (Wildman–Crippen MR) is 96.7 cm³/mol. The summed E-state index contributed by atoms with van der Waals surface area (Å²) < 4.78 is 7.77. The number of aromatic nitrogens is 3. The van der Waals surface area contributed by atoms with Crippen LogP contribution in [0.3, 0.4) is 0 Å². The summed E-state index contributed by atoms with van der Waals surface area (Å²) in [5.74, 6) is 1.51. The van der Waals surface area contributed by atoms with E-state index in [1.807, 2.05) is 47.1 Å². The smallest absolute Gasteiger partial charge is 0.263 e. The molecule has 1 aromatic carbocycles. The van der Waals surface area contributed by atoms with E-state index in [2.05, 4.69) is 15.6 Å². The van der Waals surface area contributed by atoms with Crippen molar-refractivity contribution in [2.45, 2.75) is 38.5 Å². The molecule has 1 saturated heterocycles. The summed E-state index contributed by atoms with van der Waals surface area (Å²) in [5, 5.41) is 11.4. The Labute approximate surface area is 153 Å². The van der Waals surface area contributed by atoms with Crippen LogP contribution in [0.4, 0.5) is 0 Å². The van der Waals surface area contributed by atoms with Gasteiger partial charge in [0.2, 0.25) is 0 Å². The fraction of sp³-hybridized carbons (Fsp3) is 0.526. The van der Waals surface area contributed by atoms with Gasteiger partial charge >= 0.3 is 0 Å².